The van der Waals surface area contributed by atoms with E-state index >= 15 is 0 Å². The van der Waals surface area contributed by atoms with Gasteiger partial charge in [-0.25, -0.2) is 0 Å². The number of para-hydroxylation sites is 1. The van der Waals surface area contributed by atoms with E-state index in [-0.39, 0.29) is 5.91 Å². The lowest BCUT2D eigenvalue weighted by atomic mass is 10.1. The Balaban J connectivity index is 1.44. The van der Waals surface area contributed by atoms with E-state index in [0.717, 1.165) is 22.5 Å². The van der Waals surface area contributed by atoms with E-state index in [9.17, 15) is 4.79 Å². The summed E-state index contributed by atoms with van der Waals surface area (Å²) >= 11 is 0. The molecule has 1 amide bonds. The van der Waals surface area contributed by atoms with Crippen LogP contribution in [0.2, 0.25) is 0 Å². The molecule has 1 fully saturated rings. The maximum atomic E-state index is 12.1. The lowest BCUT2D eigenvalue weighted by Crippen LogP contribution is -2.13. The van der Waals surface area contributed by atoms with Gasteiger partial charge in [0.15, 0.2) is 0 Å². The molecule has 0 unspecified atom stereocenters. The number of hydrogen-bond acceptors (Lipinski definition) is 3. The molecule has 0 heterocycles. The summed E-state index contributed by atoms with van der Waals surface area (Å²) in [7, 11) is 0. The smallest absolute Gasteiger partial charge is 0.224 e. The minimum atomic E-state index is -0.00166. The fourth-order valence-electron chi connectivity index (χ4n) is 3.19. The summed E-state index contributed by atoms with van der Waals surface area (Å²) in [5.74, 6) is -0.00166. The molecule has 0 bridgehead atoms. The normalized spacial score (nSPS) is 14.6. The molecule has 2 aromatic carbocycles. The predicted octanol–water partition coefficient (Wildman–Crippen LogP) is 4.30. The molecule has 4 heteroatoms. The van der Waals surface area contributed by atoms with Crippen molar-refractivity contribution >= 4 is 17.3 Å². The molecule has 4 nitrogen and oxygen atoms in total. The van der Waals surface area contributed by atoms with Gasteiger partial charge in [0.05, 0.1) is 12.7 Å². The minimum Gasteiger partial charge on any atom is -0.399 e. The Hall–Kier alpha value is -2.33. The van der Waals surface area contributed by atoms with Crippen molar-refractivity contribution in [3.8, 4) is 0 Å². The van der Waals surface area contributed by atoms with E-state index in [0.29, 0.717) is 25.6 Å². The van der Waals surface area contributed by atoms with Gasteiger partial charge < -0.3 is 15.8 Å². The van der Waals surface area contributed by atoms with Crippen molar-refractivity contribution in [2.24, 2.45) is 0 Å². The Bertz CT molecular complexity index is 691. The molecule has 1 aliphatic carbocycles. The summed E-state index contributed by atoms with van der Waals surface area (Å²) in [4.78, 5) is 12.1. The quantitative estimate of drug-likeness (QED) is 0.740. The summed E-state index contributed by atoms with van der Waals surface area (Å²) in [6, 6.07) is 15.6. The van der Waals surface area contributed by atoms with Gasteiger partial charge in [-0.3, -0.25) is 4.79 Å². The van der Waals surface area contributed by atoms with Crippen molar-refractivity contribution in [2.45, 2.75) is 51.2 Å². The maximum Gasteiger partial charge on any atom is 0.224 e. The molecule has 0 atom stereocenters. The molecule has 3 N–H and O–H groups in total. The second kappa shape index (κ2) is 8.67. The zero-order valence-electron chi connectivity index (χ0n) is 14.5. The maximum absolute atomic E-state index is 12.1. The highest BCUT2D eigenvalue weighted by Crippen LogP contribution is 2.22. The van der Waals surface area contributed by atoms with Crippen LogP contribution >= 0.6 is 0 Å². The van der Waals surface area contributed by atoms with Crippen molar-refractivity contribution in [2.75, 3.05) is 11.1 Å². The topological polar surface area (TPSA) is 64.4 Å². The van der Waals surface area contributed by atoms with Crippen LogP contribution in [0.15, 0.2) is 48.5 Å². The highest BCUT2D eigenvalue weighted by Gasteiger charge is 2.15. The largest absolute Gasteiger partial charge is 0.399 e. The molecule has 0 spiro atoms. The third-order valence-electron chi connectivity index (χ3n) is 4.70. The highest BCUT2D eigenvalue weighted by atomic mass is 16.5. The number of aryl methyl sites for hydroxylation is 1. The highest BCUT2D eigenvalue weighted by molar-refractivity contribution is 5.90. The Morgan fingerprint density at radius 1 is 1.08 bits per heavy atom. The predicted molar refractivity (Wildman–Crippen MR) is 101 cm³/mol. The first kappa shape index (κ1) is 17.5. The first-order valence-corrected chi connectivity index (χ1v) is 9.04. The Morgan fingerprint density at radius 3 is 2.52 bits per heavy atom. The van der Waals surface area contributed by atoms with Crippen LogP contribution in [0.3, 0.4) is 0 Å². The van der Waals surface area contributed by atoms with Crippen LogP contribution in [-0.4, -0.2) is 12.0 Å². The summed E-state index contributed by atoms with van der Waals surface area (Å²) in [6.07, 6.45) is 6.41. The summed E-state index contributed by atoms with van der Waals surface area (Å²) in [5.41, 5.74) is 9.61. The van der Waals surface area contributed by atoms with Gasteiger partial charge in [-0.05, 0) is 48.6 Å². The van der Waals surface area contributed by atoms with Crippen LogP contribution in [0.1, 0.15) is 43.2 Å². The van der Waals surface area contributed by atoms with Crippen molar-refractivity contribution < 1.29 is 9.53 Å². The van der Waals surface area contributed by atoms with Crippen LogP contribution < -0.4 is 11.1 Å². The van der Waals surface area contributed by atoms with E-state index in [4.69, 9.17) is 10.5 Å². The molecule has 2 aromatic rings. The van der Waals surface area contributed by atoms with Gasteiger partial charge in [-0.2, -0.15) is 0 Å². The van der Waals surface area contributed by atoms with Crippen LogP contribution in [0.5, 0.6) is 0 Å². The average Bonchev–Trinajstić information content (AvgIpc) is 3.14. The van der Waals surface area contributed by atoms with Crippen LogP contribution in [0, 0.1) is 0 Å². The van der Waals surface area contributed by atoms with E-state index in [1.807, 2.05) is 48.5 Å². The molecular weight excluding hydrogens is 312 g/mol. The lowest BCUT2D eigenvalue weighted by Gasteiger charge is -2.11. The number of nitrogens with two attached hydrogens (primary N) is 1. The number of rotatable bonds is 7. The second-order valence-corrected chi connectivity index (χ2v) is 6.66. The van der Waals surface area contributed by atoms with Gasteiger partial charge >= 0.3 is 0 Å². The molecule has 3 rings (SSSR count). The number of ether oxygens (including phenoxy) is 1. The van der Waals surface area contributed by atoms with Crippen LogP contribution in [-0.2, 0) is 22.6 Å². The monoisotopic (exact) mass is 338 g/mol. The summed E-state index contributed by atoms with van der Waals surface area (Å²) in [6.45, 7) is 0.645. The minimum absolute atomic E-state index is 0.00166. The lowest BCUT2D eigenvalue weighted by molar-refractivity contribution is -0.116. The molecule has 1 aliphatic rings. The number of hydrogen-bond donors (Lipinski definition) is 2. The standard InChI is InChI=1S/C21H26N2O2/c22-20-8-4-1-5-17(20)11-14-21(24)23-18-12-9-16(10-13-18)15-25-19-6-2-3-7-19/h1,4-5,8-10,12-13,19H,2-3,6-7,11,14-15,22H2,(H,23,24). The molecule has 132 valence electrons. The zero-order valence-corrected chi connectivity index (χ0v) is 14.5. The first-order valence-electron chi connectivity index (χ1n) is 9.04. The number of anilines is 2. The molecule has 0 saturated heterocycles. The van der Waals surface area contributed by atoms with Crippen molar-refractivity contribution in [1.29, 1.82) is 0 Å². The second-order valence-electron chi connectivity index (χ2n) is 6.66. The molecule has 25 heavy (non-hydrogen) atoms. The van der Waals surface area contributed by atoms with E-state index in [1.54, 1.807) is 0 Å². The van der Waals surface area contributed by atoms with Gasteiger partial charge in [0.25, 0.3) is 0 Å². The number of nitrogen functional groups attached to an aromatic ring is 1. The number of amides is 1. The molecule has 1 saturated carbocycles. The van der Waals surface area contributed by atoms with Gasteiger partial charge in [0, 0.05) is 17.8 Å². The fourth-order valence-corrected chi connectivity index (χ4v) is 3.19. The Morgan fingerprint density at radius 2 is 1.80 bits per heavy atom. The average molecular weight is 338 g/mol. The number of benzene rings is 2. The van der Waals surface area contributed by atoms with E-state index in [2.05, 4.69) is 5.32 Å². The van der Waals surface area contributed by atoms with Gasteiger partial charge in [0.2, 0.25) is 5.91 Å². The fraction of sp³-hybridized carbons (Fsp3) is 0.381. The number of carbonyl (C=O) groups is 1. The molecular formula is C21H26N2O2. The third-order valence-corrected chi connectivity index (χ3v) is 4.70. The SMILES string of the molecule is Nc1ccccc1CCC(=O)Nc1ccc(COC2CCCC2)cc1. The van der Waals surface area contributed by atoms with E-state index in [1.165, 1.54) is 25.7 Å². The summed E-state index contributed by atoms with van der Waals surface area (Å²) < 4.78 is 5.91. The van der Waals surface area contributed by atoms with Gasteiger partial charge in [-0.15, -0.1) is 0 Å². The molecule has 0 radical (unpaired) electrons. The number of carbonyl (C=O) groups excluding carboxylic acids is 1. The first-order chi connectivity index (χ1) is 12.2. The van der Waals surface area contributed by atoms with Gasteiger partial charge in [-0.1, -0.05) is 43.2 Å². The Labute approximate surface area is 149 Å². The van der Waals surface area contributed by atoms with E-state index < -0.39 is 0 Å². The number of nitrogens with one attached hydrogen (secondary N) is 1. The zero-order chi connectivity index (χ0) is 17.5. The molecule has 0 aliphatic heterocycles. The van der Waals surface area contributed by atoms with Gasteiger partial charge in [0.1, 0.15) is 0 Å². The summed E-state index contributed by atoms with van der Waals surface area (Å²) in [5, 5.41) is 2.94. The Kier molecular flexibility index (Phi) is 6.07. The molecule has 0 aromatic heterocycles. The van der Waals surface area contributed by atoms with Crippen molar-refractivity contribution in [3.05, 3.63) is 59.7 Å². The van der Waals surface area contributed by atoms with Crippen LogP contribution in [0.4, 0.5) is 11.4 Å². The van der Waals surface area contributed by atoms with Crippen LogP contribution in [0.25, 0.3) is 0 Å². The van der Waals surface area contributed by atoms with Crippen molar-refractivity contribution in [1.82, 2.24) is 0 Å². The van der Waals surface area contributed by atoms with Crippen molar-refractivity contribution in [3.63, 3.8) is 0 Å². The third kappa shape index (κ3) is 5.33.